The molecule has 0 bridgehead atoms. The van der Waals surface area contributed by atoms with E-state index in [0.717, 1.165) is 44.1 Å². The smallest absolute Gasteiger partial charge is 0.165 e. The third kappa shape index (κ3) is 2.19. The molecule has 0 unspecified atom stereocenters. The zero-order valence-corrected chi connectivity index (χ0v) is 15.9. The second-order valence-electron chi connectivity index (χ2n) is 9.13. The number of rotatable bonds is 2. The van der Waals surface area contributed by atoms with Crippen molar-refractivity contribution in [1.82, 2.24) is 0 Å². The van der Waals surface area contributed by atoms with E-state index in [4.69, 9.17) is 5.53 Å². The molecule has 0 N–H and O–H groups in total. The van der Waals surface area contributed by atoms with Gasteiger partial charge in [-0.25, -0.2) is 0 Å². The molecular weight excluding hydrogens is 326 g/mol. The second kappa shape index (κ2) is 5.82. The van der Waals surface area contributed by atoms with Gasteiger partial charge in [-0.2, -0.15) is 0 Å². The zero-order valence-electron chi connectivity index (χ0n) is 15.9. The Morgan fingerprint density at radius 3 is 2.73 bits per heavy atom. The molecule has 0 amide bonds. The van der Waals surface area contributed by atoms with Gasteiger partial charge in [0.1, 0.15) is 5.78 Å². The number of nitrogens with zero attached hydrogens (tertiary/aromatic N) is 3. The fraction of sp³-hybridized carbons (Fsp3) is 0.714. The van der Waals surface area contributed by atoms with Gasteiger partial charge < -0.3 is 0 Å². The van der Waals surface area contributed by atoms with Crippen molar-refractivity contribution < 1.29 is 9.59 Å². The van der Waals surface area contributed by atoms with Gasteiger partial charge in [-0.3, -0.25) is 9.59 Å². The Hall–Kier alpha value is -1.87. The van der Waals surface area contributed by atoms with Gasteiger partial charge in [0.15, 0.2) is 5.78 Å². The predicted octanol–water partition coefficient (Wildman–Crippen LogP) is 5.28. The van der Waals surface area contributed by atoms with Crippen molar-refractivity contribution in [3.8, 4) is 0 Å². The van der Waals surface area contributed by atoms with E-state index in [0.29, 0.717) is 29.7 Å². The number of carbonyl (C=O) groups excluding carboxylic acids is 2. The monoisotopic (exact) mass is 353 g/mol. The molecule has 138 valence electrons. The van der Waals surface area contributed by atoms with Gasteiger partial charge in [-0.15, -0.1) is 0 Å². The number of allylic oxidation sites excluding steroid dienone is 4. The number of azide groups is 1. The van der Waals surface area contributed by atoms with E-state index >= 15 is 0 Å². The lowest BCUT2D eigenvalue weighted by atomic mass is 9.51. The summed E-state index contributed by atoms with van der Waals surface area (Å²) in [6.45, 7) is 6.30. The van der Waals surface area contributed by atoms with Crippen molar-refractivity contribution in [1.29, 1.82) is 0 Å². The van der Waals surface area contributed by atoms with Crippen LogP contribution in [0.2, 0.25) is 0 Å². The molecule has 4 aliphatic rings. The average molecular weight is 353 g/mol. The lowest BCUT2D eigenvalue weighted by Gasteiger charge is -2.53. The molecule has 0 spiro atoms. The molecule has 0 heterocycles. The number of Topliss-reactive ketones (excluding diaryl/α,β-unsaturated/α-hetero) is 2. The summed E-state index contributed by atoms with van der Waals surface area (Å²) >= 11 is 0. The van der Waals surface area contributed by atoms with E-state index in [1.54, 1.807) is 6.92 Å². The van der Waals surface area contributed by atoms with Crippen LogP contribution in [0.3, 0.4) is 0 Å². The molecule has 0 radical (unpaired) electrons. The van der Waals surface area contributed by atoms with Gasteiger partial charge >= 0.3 is 0 Å². The molecule has 0 aliphatic heterocycles. The molecular formula is C21H27N3O2. The summed E-state index contributed by atoms with van der Waals surface area (Å²) in [6.07, 6.45) is 8.56. The van der Waals surface area contributed by atoms with E-state index in [1.807, 2.05) is 0 Å². The summed E-state index contributed by atoms with van der Waals surface area (Å²) in [5, 5.41) is 3.79. The van der Waals surface area contributed by atoms with Crippen molar-refractivity contribution in [2.75, 3.05) is 0 Å². The molecule has 2 fully saturated rings. The van der Waals surface area contributed by atoms with E-state index in [2.05, 4.69) is 29.9 Å². The first-order chi connectivity index (χ1) is 12.3. The fourth-order valence-electron chi connectivity index (χ4n) is 6.81. The molecule has 4 rings (SSSR count). The Kier molecular flexibility index (Phi) is 3.92. The molecule has 5 heteroatoms. The van der Waals surface area contributed by atoms with Crippen molar-refractivity contribution in [2.45, 2.75) is 65.7 Å². The molecule has 0 saturated heterocycles. The molecule has 0 aromatic carbocycles. The number of ketones is 2. The predicted molar refractivity (Wildman–Crippen MR) is 98.9 cm³/mol. The highest BCUT2D eigenvalue weighted by Crippen LogP contribution is 2.65. The van der Waals surface area contributed by atoms with Crippen molar-refractivity contribution in [3.05, 3.63) is 33.4 Å². The Morgan fingerprint density at radius 2 is 2.04 bits per heavy atom. The van der Waals surface area contributed by atoms with Gasteiger partial charge in [0.2, 0.25) is 0 Å². The van der Waals surface area contributed by atoms with Crippen LogP contribution in [0.25, 0.3) is 10.4 Å². The fourth-order valence-corrected chi connectivity index (χ4v) is 6.81. The van der Waals surface area contributed by atoms with Crippen LogP contribution in [0, 0.1) is 28.6 Å². The van der Waals surface area contributed by atoms with Crippen molar-refractivity contribution in [3.63, 3.8) is 0 Å². The van der Waals surface area contributed by atoms with Crippen molar-refractivity contribution in [2.24, 2.45) is 33.7 Å². The maximum absolute atomic E-state index is 12.3. The Labute approximate surface area is 154 Å². The highest BCUT2D eigenvalue weighted by atomic mass is 16.1. The quantitative estimate of drug-likeness (QED) is 0.293. The van der Waals surface area contributed by atoms with Crippen molar-refractivity contribution >= 4 is 11.6 Å². The standard InChI is InChI=1S/C21H27N3O2/c1-12(25)14-6-7-15-13-4-5-17-19(23-24-22)18(26)9-11-21(17,3)16(13)8-10-20(14,15)2/h8,13-15H,4-7,9-11H2,1-3H3/t13-,14+,15-,20+,21+/m0/s1. The summed E-state index contributed by atoms with van der Waals surface area (Å²) in [5.74, 6) is 1.56. The number of hydrogen-bond donors (Lipinski definition) is 0. The zero-order chi connectivity index (χ0) is 18.7. The summed E-state index contributed by atoms with van der Waals surface area (Å²) in [5.41, 5.74) is 11.7. The maximum atomic E-state index is 12.3. The number of hydrogen-bond acceptors (Lipinski definition) is 3. The van der Waals surface area contributed by atoms with Crippen LogP contribution in [0.4, 0.5) is 0 Å². The molecule has 2 saturated carbocycles. The second-order valence-corrected chi connectivity index (χ2v) is 9.13. The summed E-state index contributed by atoms with van der Waals surface area (Å²) in [6, 6.07) is 0. The highest BCUT2D eigenvalue weighted by molar-refractivity contribution is 5.97. The van der Waals surface area contributed by atoms with Crippen LogP contribution in [0.5, 0.6) is 0 Å². The average Bonchev–Trinajstić information content (AvgIpc) is 2.95. The van der Waals surface area contributed by atoms with E-state index in [9.17, 15) is 9.59 Å². The van der Waals surface area contributed by atoms with Gasteiger partial charge in [-0.1, -0.05) is 30.6 Å². The summed E-state index contributed by atoms with van der Waals surface area (Å²) in [4.78, 5) is 27.4. The summed E-state index contributed by atoms with van der Waals surface area (Å²) in [7, 11) is 0. The minimum Gasteiger partial charge on any atom is -0.300 e. The Balaban J connectivity index is 1.79. The number of fused-ring (bicyclic) bond motifs is 5. The van der Waals surface area contributed by atoms with E-state index < -0.39 is 0 Å². The van der Waals surface area contributed by atoms with E-state index in [-0.39, 0.29) is 22.5 Å². The Bertz CT molecular complexity index is 804. The lowest BCUT2D eigenvalue weighted by molar-refractivity contribution is -0.124. The normalized spacial score (nSPS) is 41.6. The number of carbonyl (C=O) groups is 2. The lowest BCUT2D eigenvalue weighted by Crippen LogP contribution is -2.45. The topological polar surface area (TPSA) is 82.9 Å². The molecule has 4 aliphatic carbocycles. The van der Waals surface area contributed by atoms with Crippen LogP contribution in [0.15, 0.2) is 28.0 Å². The van der Waals surface area contributed by atoms with Gasteiger partial charge in [0.05, 0.1) is 5.70 Å². The molecule has 26 heavy (non-hydrogen) atoms. The third-order valence-corrected chi connectivity index (χ3v) is 8.10. The molecule has 5 nitrogen and oxygen atoms in total. The first-order valence-electron chi connectivity index (χ1n) is 9.86. The van der Waals surface area contributed by atoms with Gasteiger partial charge in [0, 0.05) is 22.7 Å². The van der Waals surface area contributed by atoms with Crippen LogP contribution < -0.4 is 0 Å². The van der Waals surface area contributed by atoms with Crippen LogP contribution in [-0.2, 0) is 9.59 Å². The van der Waals surface area contributed by atoms with Crippen LogP contribution in [-0.4, -0.2) is 11.6 Å². The minimum atomic E-state index is -0.157. The van der Waals surface area contributed by atoms with Gasteiger partial charge in [0.25, 0.3) is 0 Å². The third-order valence-electron chi connectivity index (χ3n) is 8.10. The first kappa shape index (κ1) is 17.5. The maximum Gasteiger partial charge on any atom is 0.165 e. The first-order valence-corrected chi connectivity index (χ1v) is 9.86. The summed E-state index contributed by atoms with van der Waals surface area (Å²) < 4.78 is 0. The SMILES string of the molecule is CC(=O)[C@H]1CC[C@H]2[C@@H]3CCC4=C(N=[N+]=[N-])C(=O)CC[C@]4(C)C3=CC[C@]12C. The van der Waals surface area contributed by atoms with Gasteiger partial charge in [-0.05, 0) is 73.8 Å². The van der Waals surface area contributed by atoms with Crippen LogP contribution >= 0.6 is 0 Å². The largest absolute Gasteiger partial charge is 0.300 e. The molecule has 5 atom stereocenters. The molecule has 0 aromatic rings. The molecule has 0 aromatic heterocycles. The highest BCUT2D eigenvalue weighted by Gasteiger charge is 2.57. The van der Waals surface area contributed by atoms with Crippen LogP contribution in [0.1, 0.15) is 65.7 Å². The Morgan fingerprint density at radius 1 is 1.27 bits per heavy atom. The van der Waals surface area contributed by atoms with E-state index in [1.165, 1.54) is 5.57 Å². The minimum absolute atomic E-state index is 0.00696.